The Kier molecular flexibility index (Phi) is 7.30. The molecule has 110 valence electrons. The van der Waals surface area contributed by atoms with E-state index in [1.807, 2.05) is 0 Å². The zero-order valence-corrected chi connectivity index (χ0v) is 11.7. The number of aliphatic carboxylic acids is 1. The van der Waals surface area contributed by atoms with Crippen molar-refractivity contribution in [1.29, 1.82) is 5.26 Å². The van der Waals surface area contributed by atoms with Crippen LogP contribution >= 0.6 is 0 Å². The molecule has 0 saturated heterocycles. The molecule has 1 aromatic rings. The number of hydrogen-bond acceptors (Lipinski definition) is 3. The number of unbranched alkanes of at least 4 members (excludes halogenated alkanes) is 2. The number of nitrogens with zero attached hydrogens (tertiary/aromatic N) is 1. The first-order chi connectivity index (χ1) is 10.1. The molecule has 0 aromatic heterocycles. The summed E-state index contributed by atoms with van der Waals surface area (Å²) in [4.78, 5) is 21.9. The third-order valence-corrected chi connectivity index (χ3v) is 2.86. The fourth-order valence-electron chi connectivity index (χ4n) is 1.76. The lowest BCUT2D eigenvalue weighted by Gasteiger charge is -2.02. The Balaban J connectivity index is 2.29. The van der Waals surface area contributed by atoms with Crippen molar-refractivity contribution >= 4 is 18.0 Å². The average Bonchev–Trinajstić information content (AvgIpc) is 2.48. The maximum absolute atomic E-state index is 11.6. The number of carbonyl (C=O) groups excluding carboxylic acids is 1. The molecule has 0 fully saturated rings. The second-order valence-electron chi connectivity index (χ2n) is 4.53. The van der Waals surface area contributed by atoms with Gasteiger partial charge < -0.3 is 10.4 Å². The summed E-state index contributed by atoms with van der Waals surface area (Å²) in [5, 5.41) is 20.1. The number of rotatable bonds is 8. The minimum atomic E-state index is -0.793. The minimum absolute atomic E-state index is 0.165. The van der Waals surface area contributed by atoms with Gasteiger partial charge in [0.05, 0.1) is 11.6 Å². The third kappa shape index (κ3) is 6.92. The molecule has 0 atom stereocenters. The van der Waals surface area contributed by atoms with Crippen molar-refractivity contribution in [1.82, 2.24) is 5.32 Å². The van der Waals surface area contributed by atoms with Gasteiger partial charge in [-0.25, -0.2) is 0 Å². The van der Waals surface area contributed by atoms with E-state index in [0.717, 1.165) is 12.8 Å². The minimum Gasteiger partial charge on any atom is -0.481 e. The molecule has 0 aliphatic rings. The van der Waals surface area contributed by atoms with Crippen LogP contribution in [0.2, 0.25) is 0 Å². The Morgan fingerprint density at radius 3 is 2.71 bits per heavy atom. The maximum Gasteiger partial charge on any atom is 0.303 e. The van der Waals surface area contributed by atoms with Gasteiger partial charge in [-0.2, -0.15) is 5.26 Å². The van der Waals surface area contributed by atoms with Crippen LogP contribution in [0.3, 0.4) is 0 Å². The second-order valence-corrected chi connectivity index (χ2v) is 4.53. The van der Waals surface area contributed by atoms with Crippen LogP contribution in [0.25, 0.3) is 6.08 Å². The predicted octanol–water partition coefficient (Wildman–Crippen LogP) is 2.33. The van der Waals surface area contributed by atoms with Gasteiger partial charge in [0, 0.05) is 19.0 Å². The number of carboxylic acid groups (broad SMARTS) is 1. The van der Waals surface area contributed by atoms with Gasteiger partial charge in [-0.05, 0) is 30.5 Å². The SMILES string of the molecule is N#Cc1ccccc1C=CC(=O)NCCCCCC(=O)O. The quantitative estimate of drug-likeness (QED) is 0.567. The van der Waals surface area contributed by atoms with E-state index in [0.29, 0.717) is 24.1 Å². The molecule has 0 aliphatic heterocycles. The highest BCUT2D eigenvalue weighted by Crippen LogP contribution is 2.08. The normalized spacial score (nSPS) is 10.2. The monoisotopic (exact) mass is 286 g/mol. The highest BCUT2D eigenvalue weighted by molar-refractivity contribution is 5.92. The van der Waals surface area contributed by atoms with Crippen LogP contribution in [0.1, 0.15) is 36.8 Å². The molecular weight excluding hydrogens is 268 g/mol. The summed E-state index contributed by atoms with van der Waals surface area (Å²) in [6.45, 7) is 0.517. The molecule has 0 saturated carbocycles. The number of nitriles is 1. The van der Waals surface area contributed by atoms with E-state index in [4.69, 9.17) is 10.4 Å². The van der Waals surface area contributed by atoms with Crippen LogP contribution in [-0.2, 0) is 9.59 Å². The van der Waals surface area contributed by atoms with E-state index >= 15 is 0 Å². The number of hydrogen-bond donors (Lipinski definition) is 2. The van der Waals surface area contributed by atoms with E-state index in [2.05, 4.69) is 11.4 Å². The summed E-state index contributed by atoms with van der Waals surface area (Å²) < 4.78 is 0. The van der Waals surface area contributed by atoms with Crippen LogP contribution in [0, 0.1) is 11.3 Å². The molecule has 1 aromatic carbocycles. The van der Waals surface area contributed by atoms with E-state index < -0.39 is 5.97 Å². The van der Waals surface area contributed by atoms with Gasteiger partial charge in [0.1, 0.15) is 0 Å². The molecule has 0 radical (unpaired) electrons. The highest BCUT2D eigenvalue weighted by Gasteiger charge is 1.99. The van der Waals surface area contributed by atoms with Gasteiger partial charge in [-0.15, -0.1) is 0 Å². The van der Waals surface area contributed by atoms with Gasteiger partial charge in [-0.3, -0.25) is 9.59 Å². The summed E-state index contributed by atoms with van der Waals surface area (Å²) in [5.41, 5.74) is 1.23. The van der Waals surface area contributed by atoms with Crippen LogP contribution in [0.4, 0.5) is 0 Å². The average molecular weight is 286 g/mol. The molecule has 21 heavy (non-hydrogen) atoms. The zero-order valence-electron chi connectivity index (χ0n) is 11.7. The molecular formula is C16H18N2O3. The summed E-state index contributed by atoms with van der Waals surface area (Å²) >= 11 is 0. The Bertz CT molecular complexity index is 559. The van der Waals surface area contributed by atoms with Crippen LogP contribution in [0.5, 0.6) is 0 Å². The first-order valence-corrected chi connectivity index (χ1v) is 6.80. The van der Waals surface area contributed by atoms with Crippen molar-refractivity contribution in [3.63, 3.8) is 0 Å². The molecule has 5 heteroatoms. The molecule has 1 amide bonds. The topological polar surface area (TPSA) is 90.2 Å². The fourth-order valence-corrected chi connectivity index (χ4v) is 1.76. The van der Waals surface area contributed by atoms with Crippen molar-refractivity contribution in [2.24, 2.45) is 0 Å². The maximum atomic E-state index is 11.6. The van der Waals surface area contributed by atoms with Crippen LogP contribution in [0.15, 0.2) is 30.3 Å². The number of benzene rings is 1. The molecule has 0 aliphatic carbocycles. The number of amides is 1. The van der Waals surface area contributed by atoms with Gasteiger partial charge in [0.2, 0.25) is 5.91 Å². The van der Waals surface area contributed by atoms with Crippen molar-refractivity contribution in [3.05, 3.63) is 41.5 Å². The Morgan fingerprint density at radius 1 is 1.24 bits per heavy atom. The van der Waals surface area contributed by atoms with Crippen molar-refractivity contribution < 1.29 is 14.7 Å². The molecule has 0 spiro atoms. The molecule has 0 unspecified atom stereocenters. The van der Waals surface area contributed by atoms with Gasteiger partial charge in [-0.1, -0.05) is 24.6 Å². The van der Waals surface area contributed by atoms with E-state index in [1.54, 1.807) is 30.3 Å². The summed E-state index contributed by atoms with van der Waals surface area (Å²) in [6, 6.07) is 9.11. The molecule has 1 rings (SSSR count). The van der Waals surface area contributed by atoms with Gasteiger partial charge >= 0.3 is 5.97 Å². The molecule has 0 bridgehead atoms. The van der Waals surface area contributed by atoms with Crippen LogP contribution < -0.4 is 5.32 Å². The van der Waals surface area contributed by atoms with E-state index in [1.165, 1.54) is 6.08 Å². The number of nitrogens with one attached hydrogen (secondary N) is 1. The second kappa shape index (κ2) is 9.32. The van der Waals surface area contributed by atoms with Crippen molar-refractivity contribution in [3.8, 4) is 6.07 Å². The standard InChI is InChI=1S/C16H18N2O3/c17-12-14-7-4-3-6-13(14)9-10-15(19)18-11-5-1-2-8-16(20)21/h3-4,6-7,9-10H,1-2,5,8,11H2,(H,18,19)(H,20,21). The third-order valence-electron chi connectivity index (χ3n) is 2.86. The smallest absolute Gasteiger partial charge is 0.303 e. The first kappa shape index (κ1) is 16.4. The number of carboxylic acids is 1. The lowest BCUT2D eigenvalue weighted by Crippen LogP contribution is -2.22. The molecule has 5 nitrogen and oxygen atoms in total. The summed E-state index contributed by atoms with van der Waals surface area (Å²) in [7, 11) is 0. The first-order valence-electron chi connectivity index (χ1n) is 6.80. The number of carbonyl (C=O) groups is 2. The molecule has 0 heterocycles. The fraction of sp³-hybridized carbons (Fsp3) is 0.312. The summed E-state index contributed by atoms with van der Waals surface area (Å²) in [6.07, 6.45) is 5.32. The zero-order chi connectivity index (χ0) is 15.5. The summed E-state index contributed by atoms with van der Waals surface area (Å²) in [5.74, 6) is -1.01. The highest BCUT2D eigenvalue weighted by atomic mass is 16.4. The Hall–Kier alpha value is -2.61. The van der Waals surface area contributed by atoms with Crippen LogP contribution in [-0.4, -0.2) is 23.5 Å². The van der Waals surface area contributed by atoms with Crippen molar-refractivity contribution in [2.45, 2.75) is 25.7 Å². The van der Waals surface area contributed by atoms with Gasteiger partial charge in [0.25, 0.3) is 0 Å². The van der Waals surface area contributed by atoms with E-state index in [9.17, 15) is 9.59 Å². The Morgan fingerprint density at radius 2 is 2.00 bits per heavy atom. The molecule has 2 N–H and O–H groups in total. The Labute approximate surface area is 123 Å². The lowest BCUT2D eigenvalue weighted by molar-refractivity contribution is -0.137. The predicted molar refractivity (Wildman–Crippen MR) is 79.3 cm³/mol. The largest absolute Gasteiger partial charge is 0.481 e. The lowest BCUT2D eigenvalue weighted by atomic mass is 10.1. The van der Waals surface area contributed by atoms with Gasteiger partial charge in [0.15, 0.2) is 0 Å². The van der Waals surface area contributed by atoms with E-state index in [-0.39, 0.29) is 12.3 Å². The van der Waals surface area contributed by atoms with Crippen molar-refractivity contribution in [2.75, 3.05) is 6.54 Å².